The van der Waals surface area contributed by atoms with Crippen LogP contribution < -0.4 is 4.90 Å². The lowest BCUT2D eigenvalue weighted by Gasteiger charge is -2.28. The summed E-state index contributed by atoms with van der Waals surface area (Å²) in [5.74, 6) is 1.65. The molecule has 3 aliphatic rings. The molecule has 2 aliphatic heterocycles. The van der Waals surface area contributed by atoms with E-state index in [-0.39, 0.29) is 6.17 Å². The van der Waals surface area contributed by atoms with Crippen molar-refractivity contribution in [2.45, 2.75) is 58.2 Å². The minimum Gasteiger partial charge on any atom is -0.326 e. The van der Waals surface area contributed by atoms with Crippen LogP contribution in [0.2, 0.25) is 0 Å². The molecule has 2 fully saturated rings. The summed E-state index contributed by atoms with van der Waals surface area (Å²) in [6, 6.07) is 9.99. The molecule has 1 aromatic carbocycles. The van der Waals surface area contributed by atoms with Gasteiger partial charge in [-0.15, -0.1) is 0 Å². The molecular weight excluding hydrogens is 294 g/mol. The van der Waals surface area contributed by atoms with Crippen molar-refractivity contribution in [3.8, 4) is 0 Å². The largest absolute Gasteiger partial charge is 0.326 e. The maximum absolute atomic E-state index is 4.64. The Hall–Kier alpha value is -1.61. The van der Waals surface area contributed by atoms with Crippen LogP contribution >= 0.6 is 0 Å². The Balaban J connectivity index is 1.38. The van der Waals surface area contributed by atoms with E-state index in [1.54, 1.807) is 0 Å². The van der Waals surface area contributed by atoms with E-state index >= 15 is 0 Å². The van der Waals surface area contributed by atoms with Gasteiger partial charge in [-0.05, 0) is 82.2 Å². The van der Waals surface area contributed by atoms with Gasteiger partial charge in [-0.25, -0.2) is 0 Å². The third-order valence-corrected chi connectivity index (χ3v) is 5.97. The summed E-state index contributed by atoms with van der Waals surface area (Å²) in [5.41, 5.74) is 3.86. The van der Waals surface area contributed by atoms with Crippen molar-refractivity contribution in [2.75, 3.05) is 18.0 Å². The van der Waals surface area contributed by atoms with E-state index in [1.807, 2.05) is 0 Å². The van der Waals surface area contributed by atoms with E-state index in [0.717, 1.165) is 23.6 Å². The molecule has 4 rings (SSSR count). The van der Waals surface area contributed by atoms with Gasteiger partial charge in [0.05, 0.1) is 0 Å². The molecule has 1 saturated heterocycles. The van der Waals surface area contributed by atoms with Crippen LogP contribution in [-0.2, 0) is 0 Å². The fourth-order valence-electron chi connectivity index (χ4n) is 4.33. The number of benzene rings is 1. The first-order valence-corrected chi connectivity index (χ1v) is 9.47. The molecule has 1 unspecified atom stereocenters. The van der Waals surface area contributed by atoms with Crippen LogP contribution in [0.5, 0.6) is 0 Å². The highest BCUT2D eigenvalue weighted by Gasteiger charge is 2.40. The molecule has 0 bridgehead atoms. The van der Waals surface area contributed by atoms with Gasteiger partial charge < -0.3 is 9.80 Å². The number of likely N-dealkylation sites (tertiary alicyclic amines) is 1. The Bertz CT molecular complexity index is 646. The molecular formula is C21H29N3. The molecule has 4 atom stereocenters. The van der Waals surface area contributed by atoms with Crippen molar-refractivity contribution >= 4 is 11.4 Å². The predicted octanol–water partition coefficient (Wildman–Crippen LogP) is 4.42. The standard InChI is InChI=1S/C21H29N3/c1-15-10-12-24(17(3)22-15)20-8-6-18(7-9-20)21-13-19(21)14-23-11-4-5-16(23)2/h6-10,12,16-17,19,21H,4-5,11,13-14H2,1-3H3/t16-,17?,19-,21-/m1/s1. The number of allylic oxidation sites excluding steroid dienone is 1. The van der Waals surface area contributed by atoms with Crippen molar-refractivity contribution in [3.05, 3.63) is 42.1 Å². The van der Waals surface area contributed by atoms with E-state index in [2.05, 4.69) is 72.1 Å². The summed E-state index contributed by atoms with van der Waals surface area (Å²) in [7, 11) is 0. The average molecular weight is 323 g/mol. The summed E-state index contributed by atoms with van der Waals surface area (Å²) >= 11 is 0. The number of hydrogen-bond acceptors (Lipinski definition) is 3. The topological polar surface area (TPSA) is 18.8 Å². The lowest BCUT2D eigenvalue weighted by Crippen LogP contribution is -2.29. The first-order chi connectivity index (χ1) is 11.6. The monoisotopic (exact) mass is 323 g/mol. The van der Waals surface area contributed by atoms with Crippen LogP contribution in [0.15, 0.2) is 41.5 Å². The van der Waals surface area contributed by atoms with Crippen LogP contribution in [0.1, 0.15) is 51.5 Å². The van der Waals surface area contributed by atoms with Crippen molar-refractivity contribution < 1.29 is 0 Å². The molecule has 0 amide bonds. The molecule has 0 radical (unpaired) electrons. The zero-order valence-corrected chi connectivity index (χ0v) is 15.2. The smallest absolute Gasteiger partial charge is 0.122 e. The molecule has 0 aromatic heterocycles. The molecule has 3 heteroatoms. The van der Waals surface area contributed by atoms with Crippen LogP contribution in [0.3, 0.4) is 0 Å². The summed E-state index contributed by atoms with van der Waals surface area (Å²) in [4.78, 5) is 9.57. The van der Waals surface area contributed by atoms with Gasteiger partial charge in [0.1, 0.15) is 6.17 Å². The van der Waals surface area contributed by atoms with Gasteiger partial charge >= 0.3 is 0 Å². The van der Waals surface area contributed by atoms with E-state index in [1.165, 1.54) is 43.6 Å². The molecule has 128 valence electrons. The van der Waals surface area contributed by atoms with Gasteiger partial charge in [0.25, 0.3) is 0 Å². The average Bonchev–Trinajstić information content (AvgIpc) is 3.22. The molecule has 0 N–H and O–H groups in total. The molecule has 1 aromatic rings. The lowest BCUT2D eigenvalue weighted by molar-refractivity contribution is 0.256. The molecule has 2 heterocycles. The minimum absolute atomic E-state index is 0.186. The fraction of sp³-hybridized carbons (Fsp3) is 0.571. The van der Waals surface area contributed by atoms with E-state index in [9.17, 15) is 0 Å². The van der Waals surface area contributed by atoms with Gasteiger partial charge in [0.15, 0.2) is 0 Å². The van der Waals surface area contributed by atoms with Crippen molar-refractivity contribution in [1.29, 1.82) is 0 Å². The quantitative estimate of drug-likeness (QED) is 0.817. The number of rotatable bonds is 4. The van der Waals surface area contributed by atoms with Crippen LogP contribution in [0, 0.1) is 5.92 Å². The highest BCUT2D eigenvalue weighted by atomic mass is 15.2. The molecule has 0 spiro atoms. The minimum atomic E-state index is 0.186. The number of aliphatic imine (C=N–C) groups is 1. The van der Waals surface area contributed by atoms with Crippen molar-refractivity contribution in [2.24, 2.45) is 10.9 Å². The Morgan fingerprint density at radius 1 is 1.17 bits per heavy atom. The number of hydrogen-bond donors (Lipinski definition) is 0. The van der Waals surface area contributed by atoms with Crippen LogP contribution in [0.4, 0.5) is 5.69 Å². The first-order valence-electron chi connectivity index (χ1n) is 9.47. The third kappa shape index (κ3) is 3.14. The highest BCUT2D eigenvalue weighted by molar-refractivity contribution is 5.94. The predicted molar refractivity (Wildman–Crippen MR) is 102 cm³/mol. The summed E-state index contributed by atoms with van der Waals surface area (Å²) in [6.45, 7) is 9.20. The number of anilines is 1. The fourth-order valence-corrected chi connectivity index (χ4v) is 4.33. The van der Waals surface area contributed by atoms with Gasteiger partial charge in [-0.2, -0.15) is 0 Å². The third-order valence-electron chi connectivity index (χ3n) is 5.97. The van der Waals surface area contributed by atoms with Gasteiger partial charge in [-0.3, -0.25) is 4.99 Å². The lowest BCUT2D eigenvalue weighted by atomic mass is 10.1. The Labute approximate surface area is 146 Å². The zero-order valence-electron chi connectivity index (χ0n) is 15.2. The summed E-state index contributed by atoms with van der Waals surface area (Å²) in [6.07, 6.45) is 8.56. The SMILES string of the molecule is CC1=NC(C)N(c2ccc([C@H]3C[C@@H]3CN3CCC[C@H]3C)cc2)C=C1. The van der Waals surface area contributed by atoms with Gasteiger partial charge in [-0.1, -0.05) is 12.1 Å². The number of nitrogens with zero attached hydrogens (tertiary/aromatic N) is 3. The second-order valence-electron chi connectivity index (χ2n) is 7.81. The maximum atomic E-state index is 4.64. The highest BCUT2D eigenvalue weighted by Crippen LogP contribution is 2.48. The molecule has 3 nitrogen and oxygen atoms in total. The van der Waals surface area contributed by atoms with Crippen LogP contribution in [-0.4, -0.2) is 35.9 Å². The zero-order chi connectivity index (χ0) is 16.7. The van der Waals surface area contributed by atoms with Crippen molar-refractivity contribution in [3.63, 3.8) is 0 Å². The molecule has 1 saturated carbocycles. The van der Waals surface area contributed by atoms with E-state index in [0.29, 0.717) is 0 Å². The van der Waals surface area contributed by atoms with Gasteiger partial charge in [0, 0.05) is 30.2 Å². The van der Waals surface area contributed by atoms with Crippen molar-refractivity contribution in [1.82, 2.24) is 4.90 Å². The normalized spacial score (nSPS) is 33.0. The Morgan fingerprint density at radius 3 is 2.62 bits per heavy atom. The second kappa shape index (κ2) is 6.36. The van der Waals surface area contributed by atoms with E-state index in [4.69, 9.17) is 0 Å². The second-order valence-corrected chi connectivity index (χ2v) is 7.81. The molecule has 24 heavy (non-hydrogen) atoms. The molecule has 1 aliphatic carbocycles. The first kappa shape index (κ1) is 15.9. The summed E-state index contributed by atoms with van der Waals surface area (Å²) < 4.78 is 0. The van der Waals surface area contributed by atoms with E-state index < -0.39 is 0 Å². The van der Waals surface area contributed by atoms with Crippen LogP contribution in [0.25, 0.3) is 0 Å². The van der Waals surface area contributed by atoms with Gasteiger partial charge in [0.2, 0.25) is 0 Å². The maximum Gasteiger partial charge on any atom is 0.122 e. The Morgan fingerprint density at radius 2 is 1.96 bits per heavy atom. The summed E-state index contributed by atoms with van der Waals surface area (Å²) in [5, 5.41) is 0. The Kier molecular flexibility index (Phi) is 4.21.